The van der Waals surface area contributed by atoms with Crippen molar-refractivity contribution in [2.75, 3.05) is 24.0 Å². The molecule has 0 spiro atoms. The average Bonchev–Trinajstić information content (AvgIpc) is 2.89. The molecule has 0 N–H and O–H groups in total. The summed E-state index contributed by atoms with van der Waals surface area (Å²) < 4.78 is 0. The molecular formula is C14H18BN3OS2. The molecule has 0 aliphatic heterocycles. The third-order valence-electron chi connectivity index (χ3n) is 3.15. The molecule has 2 rings (SSSR count). The minimum Gasteiger partial charge on any atom is -0.306 e. The minimum atomic E-state index is 0.00772. The van der Waals surface area contributed by atoms with E-state index in [1.54, 1.807) is 29.1 Å². The Labute approximate surface area is 134 Å². The number of hydrogen-bond donors (Lipinski definition) is 0. The Bertz CT molecular complexity index is 618. The first-order chi connectivity index (χ1) is 10.0. The van der Waals surface area contributed by atoms with Gasteiger partial charge in [0.1, 0.15) is 10.0 Å². The van der Waals surface area contributed by atoms with Crippen molar-refractivity contribution >= 4 is 47.4 Å². The molecule has 4 nitrogen and oxygen atoms in total. The predicted octanol–water partition coefficient (Wildman–Crippen LogP) is 1.43. The summed E-state index contributed by atoms with van der Waals surface area (Å²) in [6.07, 6.45) is 5.55. The monoisotopic (exact) mass is 319 g/mol. The van der Waals surface area contributed by atoms with E-state index in [1.807, 2.05) is 40.2 Å². The zero-order chi connectivity index (χ0) is 15.4. The molecule has 0 radical (unpaired) electrons. The molecule has 2 heterocycles. The molecule has 0 bridgehead atoms. The number of thioether (sulfide) groups is 1. The zero-order valence-electron chi connectivity index (χ0n) is 12.7. The van der Waals surface area contributed by atoms with Gasteiger partial charge in [0.05, 0.1) is 0 Å². The van der Waals surface area contributed by atoms with Crippen LogP contribution in [0.1, 0.15) is 6.92 Å². The van der Waals surface area contributed by atoms with Crippen LogP contribution < -0.4 is 10.5 Å². The zero-order valence-corrected chi connectivity index (χ0v) is 14.3. The van der Waals surface area contributed by atoms with Gasteiger partial charge < -0.3 is 4.90 Å². The van der Waals surface area contributed by atoms with Gasteiger partial charge in [0, 0.05) is 42.3 Å². The van der Waals surface area contributed by atoms with Gasteiger partial charge >= 0.3 is 0 Å². The smallest absolute Gasteiger partial charge is 0.231 e. The molecule has 2 aromatic rings. The molecule has 0 aliphatic carbocycles. The number of amides is 1. The summed E-state index contributed by atoms with van der Waals surface area (Å²) in [6, 6.07) is 3.87. The van der Waals surface area contributed by atoms with E-state index in [9.17, 15) is 4.79 Å². The lowest BCUT2D eigenvalue weighted by Crippen LogP contribution is -2.34. The van der Waals surface area contributed by atoms with Gasteiger partial charge in [-0.05, 0) is 18.4 Å². The largest absolute Gasteiger partial charge is 0.306 e. The van der Waals surface area contributed by atoms with Gasteiger partial charge in [-0.1, -0.05) is 18.3 Å². The fourth-order valence-electron chi connectivity index (χ4n) is 2.06. The van der Waals surface area contributed by atoms with Crippen LogP contribution >= 0.6 is 23.1 Å². The second-order valence-electron chi connectivity index (χ2n) is 4.90. The van der Waals surface area contributed by atoms with Gasteiger partial charge in [0.25, 0.3) is 0 Å². The summed E-state index contributed by atoms with van der Waals surface area (Å²) >= 11 is 3.22. The number of nitrogens with zero attached hydrogens (tertiary/aromatic N) is 3. The van der Waals surface area contributed by atoms with Crippen molar-refractivity contribution in [2.24, 2.45) is 5.92 Å². The van der Waals surface area contributed by atoms with Crippen molar-refractivity contribution in [3.63, 3.8) is 0 Å². The first-order valence-corrected chi connectivity index (χ1v) is 8.90. The van der Waals surface area contributed by atoms with E-state index in [0.717, 1.165) is 26.9 Å². The molecule has 0 aliphatic rings. The highest BCUT2D eigenvalue weighted by molar-refractivity contribution is 7.98. The summed E-state index contributed by atoms with van der Waals surface area (Å²) in [4.78, 5) is 22.8. The van der Waals surface area contributed by atoms with E-state index in [2.05, 4.69) is 9.97 Å². The Kier molecular flexibility index (Phi) is 5.42. The number of pyridine rings is 1. The van der Waals surface area contributed by atoms with Crippen molar-refractivity contribution in [1.29, 1.82) is 0 Å². The van der Waals surface area contributed by atoms with Crippen LogP contribution in [0.25, 0.3) is 10.6 Å². The summed E-state index contributed by atoms with van der Waals surface area (Å²) in [5.41, 5.74) is 1.86. The predicted molar refractivity (Wildman–Crippen MR) is 94.5 cm³/mol. The Morgan fingerprint density at radius 1 is 1.57 bits per heavy atom. The van der Waals surface area contributed by atoms with E-state index in [-0.39, 0.29) is 11.8 Å². The molecule has 0 saturated carbocycles. The van der Waals surface area contributed by atoms with Crippen LogP contribution in [0.2, 0.25) is 0 Å². The van der Waals surface area contributed by atoms with Gasteiger partial charge in [0.2, 0.25) is 5.91 Å². The highest BCUT2D eigenvalue weighted by atomic mass is 32.2. The summed E-state index contributed by atoms with van der Waals surface area (Å²) in [5, 5.41) is 1.81. The maximum atomic E-state index is 12.4. The standard InChI is InChI=1S/C14H18BN3OS2/c1-9(8-20-3)13(19)18(2)14-11(15)17-12(21-14)10-5-4-6-16-7-10/h4-7,9H,8,15H2,1-3H3. The molecule has 1 atom stereocenters. The number of aromatic nitrogens is 2. The van der Waals surface area contributed by atoms with E-state index in [1.165, 1.54) is 11.3 Å². The topological polar surface area (TPSA) is 46.1 Å². The quantitative estimate of drug-likeness (QED) is 0.782. The van der Waals surface area contributed by atoms with Crippen molar-refractivity contribution in [3.05, 3.63) is 24.5 Å². The Hall–Kier alpha value is -1.34. The van der Waals surface area contributed by atoms with Crippen LogP contribution in [0.3, 0.4) is 0 Å². The number of anilines is 1. The van der Waals surface area contributed by atoms with Crippen LogP contribution in [-0.2, 0) is 4.79 Å². The second kappa shape index (κ2) is 7.09. The van der Waals surface area contributed by atoms with Crippen molar-refractivity contribution < 1.29 is 4.79 Å². The maximum absolute atomic E-state index is 12.4. The molecule has 7 heteroatoms. The van der Waals surface area contributed by atoms with Gasteiger partial charge in [-0.15, -0.1) is 0 Å². The Morgan fingerprint density at radius 2 is 2.33 bits per heavy atom. The van der Waals surface area contributed by atoms with Crippen LogP contribution in [-0.4, -0.2) is 42.8 Å². The number of carbonyl (C=O) groups excluding carboxylic acids is 1. The van der Waals surface area contributed by atoms with Crippen LogP contribution in [0.5, 0.6) is 0 Å². The Balaban J connectivity index is 2.25. The summed E-state index contributed by atoms with van der Waals surface area (Å²) in [7, 11) is 3.77. The lowest BCUT2D eigenvalue weighted by atomic mass is 10.1. The van der Waals surface area contributed by atoms with Crippen molar-refractivity contribution in [3.8, 4) is 10.6 Å². The molecule has 0 aromatic carbocycles. The molecule has 1 unspecified atom stereocenters. The molecule has 110 valence electrons. The molecule has 2 aromatic heterocycles. The van der Waals surface area contributed by atoms with Gasteiger partial charge in [-0.2, -0.15) is 11.8 Å². The lowest BCUT2D eigenvalue weighted by Gasteiger charge is -2.19. The van der Waals surface area contributed by atoms with Gasteiger partial charge in [-0.25, -0.2) is 4.98 Å². The number of hydrogen-bond acceptors (Lipinski definition) is 5. The number of rotatable bonds is 5. The third-order valence-corrected chi connectivity index (χ3v) is 5.27. The van der Waals surface area contributed by atoms with Gasteiger partial charge in [-0.3, -0.25) is 9.78 Å². The maximum Gasteiger partial charge on any atom is 0.231 e. The number of thiazole rings is 1. The molecule has 1 amide bonds. The average molecular weight is 319 g/mol. The van der Waals surface area contributed by atoms with Gasteiger partial charge in [0.15, 0.2) is 7.85 Å². The Morgan fingerprint density at radius 3 is 2.95 bits per heavy atom. The van der Waals surface area contributed by atoms with Crippen molar-refractivity contribution in [1.82, 2.24) is 9.97 Å². The van der Waals surface area contributed by atoms with Crippen LogP contribution in [0.15, 0.2) is 24.5 Å². The van der Waals surface area contributed by atoms with E-state index in [4.69, 9.17) is 0 Å². The summed E-state index contributed by atoms with van der Waals surface area (Å²) in [6.45, 7) is 1.97. The summed E-state index contributed by atoms with van der Waals surface area (Å²) in [5.74, 6) is 0.971. The highest BCUT2D eigenvalue weighted by Crippen LogP contribution is 2.28. The normalized spacial score (nSPS) is 12.1. The molecule has 0 saturated heterocycles. The van der Waals surface area contributed by atoms with Crippen LogP contribution in [0.4, 0.5) is 5.00 Å². The second-order valence-corrected chi connectivity index (χ2v) is 6.79. The van der Waals surface area contributed by atoms with Crippen LogP contribution in [0, 0.1) is 5.92 Å². The van der Waals surface area contributed by atoms with E-state index in [0.29, 0.717) is 0 Å². The SMILES string of the molecule is Bc1nc(-c2cccnc2)sc1N(C)C(=O)C(C)CSC. The highest BCUT2D eigenvalue weighted by Gasteiger charge is 2.22. The minimum absolute atomic E-state index is 0.00772. The lowest BCUT2D eigenvalue weighted by molar-refractivity contribution is -0.120. The first kappa shape index (κ1) is 16.0. The van der Waals surface area contributed by atoms with E-state index < -0.39 is 0 Å². The molecule has 0 fully saturated rings. The molecular weight excluding hydrogens is 301 g/mol. The fraction of sp³-hybridized carbons (Fsp3) is 0.357. The van der Waals surface area contributed by atoms with E-state index >= 15 is 0 Å². The fourth-order valence-corrected chi connectivity index (χ4v) is 3.73. The van der Waals surface area contributed by atoms with Crippen molar-refractivity contribution in [2.45, 2.75) is 6.92 Å². The molecule has 21 heavy (non-hydrogen) atoms. The number of carbonyl (C=O) groups is 1. The third kappa shape index (κ3) is 3.65. The first-order valence-electron chi connectivity index (χ1n) is 6.69.